The topological polar surface area (TPSA) is 19.0 Å². The van der Waals surface area contributed by atoms with E-state index in [0.717, 1.165) is 38.9 Å². The van der Waals surface area contributed by atoms with Gasteiger partial charge in [-0.2, -0.15) is 0 Å². The maximum atomic E-state index is 5.53. The fraction of sp³-hybridized carbons (Fsp3) is 0.520. The first kappa shape index (κ1) is 21.7. The third-order valence-electron chi connectivity index (χ3n) is 6.81. The molecule has 0 atom stereocenters. The van der Waals surface area contributed by atoms with E-state index in [1.807, 2.05) is 23.5 Å². The van der Waals surface area contributed by atoms with E-state index in [1.165, 1.54) is 65.0 Å². The first-order chi connectivity index (χ1) is 15.3. The molecule has 0 saturated carbocycles. The van der Waals surface area contributed by atoms with Crippen LogP contribution in [0.2, 0.25) is 0 Å². The molecule has 3 heterocycles. The van der Waals surface area contributed by atoms with Crippen LogP contribution in [-0.2, 0) is 4.74 Å². The van der Waals surface area contributed by atoms with Gasteiger partial charge in [0.15, 0.2) is 0 Å². The van der Waals surface area contributed by atoms with Gasteiger partial charge in [-0.1, -0.05) is 23.9 Å². The largest absolute Gasteiger partial charge is 0.379 e. The molecule has 0 amide bonds. The highest BCUT2D eigenvalue weighted by Crippen LogP contribution is 2.48. The minimum absolute atomic E-state index is 0.767. The number of nitrogens with zero attached hydrogens (tertiary/aromatic N) is 3. The Kier molecular flexibility index (Phi) is 7.11. The molecule has 3 aliphatic heterocycles. The van der Waals surface area contributed by atoms with Crippen LogP contribution in [0.15, 0.2) is 57.2 Å². The van der Waals surface area contributed by atoms with Gasteiger partial charge in [-0.25, -0.2) is 0 Å². The van der Waals surface area contributed by atoms with E-state index < -0.39 is 0 Å². The van der Waals surface area contributed by atoms with Crippen molar-refractivity contribution in [2.24, 2.45) is 0 Å². The van der Waals surface area contributed by atoms with Gasteiger partial charge in [-0.15, -0.1) is 11.8 Å². The second-order valence-corrected chi connectivity index (χ2v) is 10.6. The van der Waals surface area contributed by atoms with Crippen molar-refractivity contribution >= 4 is 34.9 Å². The first-order valence-electron chi connectivity index (χ1n) is 11.6. The van der Waals surface area contributed by atoms with Gasteiger partial charge in [0, 0.05) is 40.4 Å². The predicted octanol–water partition coefficient (Wildman–Crippen LogP) is 5.20. The van der Waals surface area contributed by atoms with Crippen LogP contribution in [0.1, 0.15) is 19.3 Å². The number of hydrogen-bond acceptors (Lipinski definition) is 6. The third-order valence-corrected chi connectivity index (χ3v) is 8.66. The number of likely N-dealkylation sites (tertiary alicyclic amines) is 1. The zero-order valence-corrected chi connectivity index (χ0v) is 20.1. The summed E-state index contributed by atoms with van der Waals surface area (Å²) in [7, 11) is 0. The lowest BCUT2D eigenvalue weighted by Gasteiger charge is -2.40. The molecular weight excluding hydrogens is 422 g/mol. The molecule has 2 fully saturated rings. The molecule has 0 unspecified atom stereocenters. The van der Waals surface area contributed by atoms with Crippen LogP contribution in [0.5, 0.6) is 0 Å². The number of morpholine rings is 1. The van der Waals surface area contributed by atoms with Crippen molar-refractivity contribution in [1.82, 2.24) is 9.80 Å². The van der Waals surface area contributed by atoms with Crippen LogP contribution in [0.4, 0.5) is 11.4 Å². The van der Waals surface area contributed by atoms with Gasteiger partial charge >= 0.3 is 0 Å². The smallest absolute Gasteiger partial charge is 0.0594 e. The standard InChI is InChI=1S/C25H33N3OS2/c1-30-21-7-8-25-23(19-21)28(22-5-2-3-6-24(22)31-25)12-4-11-26-13-9-20(10-14-26)27-15-17-29-18-16-27/h2-3,5-8,19-20H,4,9-18H2,1H3. The van der Waals surface area contributed by atoms with Crippen LogP contribution < -0.4 is 4.90 Å². The fourth-order valence-electron chi connectivity index (χ4n) is 5.08. The predicted molar refractivity (Wildman–Crippen MR) is 132 cm³/mol. The quantitative estimate of drug-likeness (QED) is 0.554. The summed E-state index contributed by atoms with van der Waals surface area (Å²) < 4.78 is 5.53. The molecule has 4 nitrogen and oxygen atoms in total. The SMILES string of the molecule is CSc1ccc2c(c1)N(CCCN1CCC(N3CCOCC3)CC1)c1ccccc1S2. The Bertz CT molecular complexity index is 879. The number of fused-ring (bicyclic) bond motifs is 2. The second kappa shape index (κ2) is 10.2. The van der Waals surface area contributed by atoms with E-state index in [2.05, 4.69) is 63.4 Å². The van der Waals surface area contributed by atoms with E-state index in [0.29, 0.717) is 0 Å². The Labute approximate surface area is 195 Å². The number of rotatable bonds is 6. The minimum Gasteiger partial charge on any atom is -0.379 e. The molecule has 0 bridgehead atoms. The van der Waals surface area contributed by atoms with Gasteiger partial charge in [0.2, 0.25) is 0 Å². The van der Waals surface area contributed by atoms with Crippen molar-refractivity contribution in [2.45, 2.75) is 40.0 Å². The fourth-order valence-corrected chi connectivity index (χ4v) is 6.59. The Morgan fingerprint density at radius 2 is 1.71 bits per heavy atom. The number of hydrogen-bond donors (Lipinski definition) is 0. The van der Waals surface area contributed by atoms with E-state index in [9.17, 15) is 0 Å². The summed E-state index contributed by atoms with van der Waals surface area (Å²) >= 11 is 3.73. The Hall–Kier alpha value is -1.18. The van der Waals surface area contributed by atoms with Crippen LogP contribution in [0.25, 0.3) is 0 Å². The van der Waals surface area contributed by atoms with Crippen molar-refractivity contribution in [1.29, 1.82) is 0 Å². The van der Waals surface area contributed by atoms with Crippen molar-refractivity contribution in [2.75, 3.05) is 63.6 Å². The zero-order chi connectivity index (χ0) is 21.0. The van der Waals surface area contributed by atoms with Crippen molar-refractivity contribution in [3.63, 3.8) is 0 Å². The highest BCUT2D eigenvalue weighted by Gasteiger charge is 2.27. The maximum Gasteiger partial charge on any atom is 0.0594 e. The highest BCUT2D eigenvalue weighted by atomic mass is 32.2. The van der Waals surface area contributed by atoms with E-state index in [-0.39, 0.29) is 0 Å². The molecule has 2 aromatic carbocycles. The van der Waals surface area contributed by atoms with Crippen LogP contribution in [0.3, 0.4) is 0 Å². The molecule has 0 radical (unpaired) electrons. The number of piperidine rings is 1. The summed E-state index contributed by atoms with van der Waals surface area (Å²) in [4.78, 5) is 12.0. The van der Waals surface area contributed by atoms with Gasteiger partial charge in [0.25, 0.3) is 0 Å². The Morgan fingerprint density at radius 1 is 0.935 bits per heavy atom. The number of thioether (sulfide) groups is 1. The molecule has 0 N–H and O–H groups in total. The minimum atomic E-state index is 0.767. The van der Waals surface area contributed by atoms with Gasteiger partial charge in [0.05, 0.1) is 24.6 Å². The molecule has 2 aromatic rings. The lowest BCUT2D eigenvalue weighted by atomic mass is 10.0. The molecule has 6 heteroatoms. The number of anilines is 2. The Morgan fingerprint density at radius 3 is 2.52 bits per heavy atom. The average molecular weight is 456 g/mol. The molecule has 0 aromatic heterocycles. The van der Waals surface area contributed by atoms with Gasteiger partial charge in [0.1, 0.15) is 0 Å². The summed E-state index contributed by atoms with van der Waals surface area (Å²) in [6, 6.07) is 16.6. The second-order valence-electron chi connectivity index (χ2n) is 8.63. The summed E-state index contributed by atoms with van der Waals surface area (Å²) in [5.41, 5.74) is 2.74. The molecule has 5 rings (SSSR count). The first-order valence-corrected chi connectivity index (χ1v) is 13.6. The molecule has 0 aliphatic carbocycles. The third kappa shape index (κ3) is 4.93. The number of benzene rings is 2. The summed E-state index contributed by atoms with van der Waals surface area (Å²) in [5, 5.41) is 0. The van der Waals surface area contributed by atoms with Gasteiger partial charge < -0.3 is 14.5 Å². The maximum absolute atomic E-state index is 5.53. The molecule has 31 heavy (non-hydrogen) atoms. The molecule has 2 saturated heterocycles. The molecule has 0 spiro atoms. The Balaban J connectivity index is 1.20. The average Bonchev–Trinajstić information content (AvgIpc) is 2.84. The highest BCUT2D eigenvalue weighted by molar-refractivity contribution is 8.00. The molecule has 3 aliphatic rings. The normalized spacial score (nSPS) is 20.5. The van der Waals surface area contributed by atoms with E-state index >= 15 is 0 Å². The van der Waals surface area contributed by atoms with Crippen LogP contribution >= 0.6 is 23.5 Å². The van der Waals surface area contributed by atoms with Gasteiger partial charge in [-0.3, -0.25) is 4.90 Å². The summed E-state index contributed by atoms with van der Waals surface area (Å²) in [6.07, 6.45) is 5.98. The van der Waals surface area contributed by atoms with E-state index in [4.69, 9.17) is 4.74 Å². The van der Waals surface area contributed by atoms with Crippen LogP contribution in [-0.4, -0.2) is 74.6 Å². The van der Waals surface area contributed by atoms with Crippen molar-refractivity contribution < 1.29 is 4.74 Å². The number of ether oxygens (including phenoxy) is 1. The van der Waals surface area contributed by atoms with E-state index in [1.54, 1.807) is 0 Å². The summed E-state index contributed by atoms with van der Waals surface area (Å²) in [5.74, 6) is 0. The van der Waals surface area contributed by atoms with Crippen molar-refractivity contribution in [3.05, 3.63) is 42.5 Å². The monoisotopic (exact) mass is 455 g/mol. The van der Waals surface area contributed by atoms with Crippen molar-refractivity contribution in [3.8, 4) is 0 Å². The molecular formula is C25H33N3OS2. The summed E-state index contributed by atoms with van der Waals surface area (Å²) in [6.45, 7) is 8.81. The number of para-hydroxylation sites is 1. The molecule has 166 valence electrons. The lowest BCUT2D eigenvalue weighted by molar-refractivity contribution is 0.000896. The zero-order valence-electron chi connectivity index (χ0n) is 18.5. The van der Waals surface area contributed by atoms with Gasteiger partial charge in [-0.05, 0) is 75.5 Å². The lowest BCUT2D eigenvalue weighted by Crippen LogP contribution is -2.49. The van der Waals surface area contributed by atoms with Crippen LogP contribution in [0, 0.1) is 0 Å².